The van der Waals surface area contributed by atoms with Crippen LogP contribution in [-0.2, 0) is 9.47 Å². The summed E-state index contributed by atoms with van der Waals surface area (Å²) >= 11 is 0. The Labute approximate surface area is 187 Å². The molecule has 1 amide bonds. The van der Waals surface area contributed by atoms with Crippen LogP contribution in [0, 0.1) is 13.8 Å². The van der Waals surface area contributed by atoms with Gasteiger partial charge in [-0.15, -0.1) is 0 Å². The zero-order valence-electron chi connectivity index (χ0n) is 18.5. The number of amides is 1. The summed E-state index contributed by atoms with van der Waals surface area (Å²) in [5.74, 6) is -0.149. The van der Waals surface area contributed by atoms with E-state index in [1.54, 1.807) is 17.1 Å². The number of aryl methyl sites for hydroxylation is 1. The Morgan fingerprint density at radius 1 is 1.03 bits per heavy atom. The lowest BCUT2D eigenvalue weighted by Crippen LogP contribution is -2.34. The predicted molar refractivity (Wildman–Crippen MR) is 121 cm³/mol. The van der Waals surface area contributed by atoms with Crippen LogP contribution < -0.4 is 5.32 Å². The monoisotopic (exact) mass is 432 g/mol. The van der Waals surface area contributed by atoms with Crippen LogP contribution in [-0.4, -0.2) is 39.7 Å². The van der Waals surface area contributed by atoms with Crippen molar-refractivity contribution in [2.24, 2.45) is 0 Å². The summed E-state index contributed by atoms with van der Waals surface area (Å²) in [7, 11) is 0. The van der Waals surface area contributed by atoms with Gasteiger partial charge in [0.2, 0.25) is 0 Å². The number of benzene rings is 1. The number of ether oxygens (including phenoxy) is 2. The van der Waals surface area contributed by atoms with Crippen molar-refractivity contribution in [1.82, 2.24) is 14.8 Å². The number of anilines is 1. The molecule has 2 aromatic heterocycles. The molecular formula is C25H28N4O3. The average molecular weight is 433 g/mol. The molecule has 1 saturated heterocycles. The molecular weight excluding hydrogens is 404 g/mol. The lowest BCUT2D eigenvalue weighted by molar-refractivity contribution is -0.178. The summed E-state index contributed by atoms with van der Waals surface area (Å²) in [4.78, 5) is 17.5. The number of carbonyl (C=O) groups excluding carboxylic acids is 1. The van der Waals surface area contributed by atoms with Crippen LogP contribution in [0.15, 0.2) is 48.8 Å². The van der Waals surface area contributed by atoms with Crippen LogP contribution >= 0.6 is 0 Å². The first kappa shape index (κ1) is 20.8. The lowest BCUT2D eigenvalue weighted by atomic mass is 9.83. The van der Waals surface area contributed by atoms with Gasteiger partial charge in [-0.25, -0.2) is 4.68 Å². The predicted octanol–water partition coefficient (Wildman–Crippen LogP) is 4.54. The largest absolute Gasteiger partial charge is 0.348 e. The minimum atomic E-state index is -0.356. The molecule has 7 nitrogen and oxygen atoms in total. The SMILES string of the molecule is Cc1ccc(-n2ncc(C(=O)Nc3ccc(C4CCC5(CC4)OCCO5)nc3)c2C)cc1. The van der Waals surface area contributed by atoms with Gasteiger partial charge in [-0.1, -0.05) is 17.7 Å². The molecule has 2 aliphatic rings. The molecule has 5 rings (SSSR count). The normalized spacial score (nSPS) is 18.2. The number of hydrogen-bond donors (Lipinski definition) is 1. The number of carbonyl (C=O) groups is 1. The molecule has 0 unspecified atom stereocenters. The molecule has 1 aromatic carbocycles. The molecule has 1 aliphatic heterocycles. The molecule has 7 heteroatoms. The van der Waals surface area contributed by atoms with Crippen LogP contribution in [0.1, 0.15) is 58.9 Å². The Bertz CT molecular complexity index is 1090. The van der Waals surface area contributed by atoms with E-state index in [0.717, 1.165) is 42.8 Å². The van der Waals surface area contributed by atoms with Gasteiger partial charge in [0.1, 0.15) is 0 Å². The Hall–Kier alpha value is -3.03. The maximum atomic E-state index is 12.8. The molecule has 1 spiro atoms. The number of rotatable bonds is 4. The fraction of sp³-hybridized carbons (Fsp3) is 0.400. The molecule has 1 N–H and O–H groups in total. The summed E-state index contributed by atoms with van der Waals surface area (Å²) < 4.78 is 13.4. The first-order valence-electron chi connectivity index (χ1n) is 11.2. The van der Waals surface area contributed by atoms with Crippen LogP contribution in [0.3, 0.4) is 0 Å². The highest BCUT2D eigenvalue weighted by atomic mass is 16.7. The van der Waals surface area contributed by atoms with Crippen molar-refractivity contribution in [1.29, 1.82) is 0 Å². The summed E-state index contributed by atoms with van der Waals surface area (Å²) in [5, 5.41) is 7.35. The van der Waals surface area contributed by atoms with Gasteiger partial charge in [0.05, 0.1) is 48.2 Å². The van der Waals surface area contributed by atoms with Gasteiger partial charge >= 0.3 is 0 Å². The lowest BCUT2D eigenvalue weighted by Gasteiger charge is -2.35. The standard InChI is InChI=1S/C25H28N4O3/c1-17-3-6-21(7-4-17)29-18(2)22(16-27-29)24(30)28-20-5-8-23(26-15-20)19-9-11-25(12-10-19)31-13-14-32-25/h3-8,15-16,19H,9-14H2,1-2H3,(H,28,30). The maximum Gasteiger partial charge on any atom is 0.259 e. The van der Waals surface area contributed by atoms with Gasteiger partial charge in [-0.2, -0.15) is 5.10 Å². The first-order valence-corrected chi connectivity index (χ1v) is 11.2. The van der Waals surface area contributed by atoms with E-state index in [4.69, 9.17) is 9.47 Å². The Balaban J connectivity index is 1.23. The van der Waals surface area contributed by atoms with E-state index >= 15 is 0 Å². The molecule has 0 radical (unpaired) electrons. The number of nitrogens with one attached hydrogen (secondary N) is 1. The quantitative estimate of drug-likeness (QED) is 0.655. The second kappa shape index (κ2) is 8.48. The average Bonchev–Trinajstić information content (AvgIpc) is 3.42. The first-order chi connectivity index (χ1) is 15.5. The third-order valence-electron chi connectivity index (χ3n) is 6.56. The molecule has 0 bridgehead atoms. The minimum Gasteiger partial charge on any atom is -0.348 e. The molecule has 0 atom stereocenters. The van der Waals surface area contributed by atoms with Crippen molar-refractivity contribution in [2.45, 2.75) is 51.2 Å². The number of hydrogen-bond acceptors (Lipinski definition) is 5. The minimum absolute atomic E-state index is 0.189. The topological polar surface area (TPSA) is 78.3 Å². The highest BCUT2D eigenvalue weighted by Crippen LogP contribution is 2.41. The summed E-state index contributed by atoms with van der Waals surface area (Å²) in [6.45, 7) is 5.33. The third kappa shape index (κ3) is 4.06. The van der Waals surface area contributed by atoms with Crippen molar-refractivity contribution in [3.63, 3.8) is 0 Å². The van der Waals surface area contributed by atoms with E-state index in [2.05, 4.69) is 15.4 Å². The van der Waals surface area contributed by atoms with E-state index in [9.17, 15) is 4.79 Å². The van der Waals surface area contributed by atoms with Gasteiger partial charge in [0.15, 0.2) is 5.79 Å². The smallest absolute Gasteiger partial charge is 0.259 e. The van der Waals surface area contributed by atoms with Gasteiger partial charge in [-0.05, 0) is 51.0 Å². The third-order valence-corrected chi connectivity index (χ3v) is 6.56. The molecule has 166 valence electrons. The van der Waals surface area contributed by atoms with Crippen molar-refractivity contribution < 1.29 is 14.3 Å². The fourth-order valence-corrected chi connectivity index (χ4v) is 4.64. The molecule has 3 aromatic rings. The van der Waals surface area contributed by atoms with Crippen LogP contribution in [0.25, 0.3) is 5.69 Å². The molecule has 32 heavy (non-hydrogen) atoms. The highest BCUT2D eigenvalue weighted by molar-refractivity contribution is 6.04. The van der Waals surface area contributed by atoms with E-state index in [1.165, 1.54) is 5.56 Å². The van der Waals surface area contributed by atoms with Gasteiger partial charge in [0.25, 0.3) is 5.91 Å². The van der Waals surface area contributed by atoms with E-state index in [0.29, 0.717) is 30.4 Å². The van der Waals surface area contributed by atoms with Gasteiger partial charge < -0.3 is 14.8 Å². The van der Waals surface area contributed by atoms with Crippen LogP contribution in [0.4, 0.5) is 5.69 Å². The van der Waals surface area contributed by atoms with Gasteiger partial charge in [-0.3, -0.25) is 9.78 Å². The van der Waals surface area contributed by atoms with Crippen LogP contribution in [0.5, 0.6) is 0 Å². The number of nitrogens with zero attached hydrogens (tertiary/aromatic N) is 3. The van der Waals surface area contributed by atoms with Gasteiger partial charge in [0, 0.05) is 24.5 Å². The van der Waals surface area contributed by atoms with Crippen LogP contribution in [0.2, 0.25) is 0 Å². The number of aromatic nitrogens is 3. The second-order valence-electron chi connectivity index (χ2n) is 8.70. The van der Waals surface area contributed by atoms with E-state index in [-0.39, 0.29) is 11.7 Å². The molecule has 1 aliphatic carbocycles. The van der Waals surface area contributed by atoms with E-state index in [1.807, 2.05) is 50.2 Å². The van der Waals surface area contributed by atoms with Crippen molar-refractivity contribution in [3.8, 4) is 5.69 Å². The summed E-state index contributed by atoms with van der Waals surface area (Å²) in [5.41, 5.74) is 5.18. The zero-order valence-corrected chi connectivity index (χ0v) is 18.5. The van der Waals surface area contributed by atoms with Crippen molar-refractivity contribution >= 4 is 11.6 Å². The highest BCUT2D eigenvalue weighted by Gasteiger charge is 2.40. The molecule has 1 saturated carbocycles. The second-order valence-corrected chi connectivity index (χ2v) is 8.70. The zero-order chi connectivity index (χ0) is 22.1. The summed E-state index contributed by atoms with van der Waals surface area (Å²) in [6.07, 6.45) is 7.15. The van der Waals surface area contributed by atoms with Crippen molar-refractivity contribution in [2.75, 3.05) is 18.5 Å². The molecule has 2 fully saturated rings. The Kier molecular flexibility index (Phi) is 5.53. The Morgan fingerprint density at radius 3 is 2.41 bits per heavy atom. The number of pyridine rings is 1. The molecule has 3 heterocycles. The van der Waals surface area contributed by atoms with Crippen molar-refractivity contribution in [3.05, 3.63) is 71.3 Å². The maximum absolute atomic E-state index is 12.8. The Morgan fingerprint density at radius 2 is 1.75 bits per heavy atom. The van der Waals surface area contributed by atoms with E-state index < -0.39 is 0 Å². The fourth-order valence-electron chi connectivity index (χ4n) is 4.64. The summed E-state index contributed by atoms with van der Waals surface area (Å²) in [6, 6.07) is 12.0.